The molecule has 0 atom stereocenters. The zero-order valence-electron chi connectivity index (χ0n) is 13.7. The molecular weight excluding hydrogens is 433 g/mol. The topological polar surface area (TPSA) is 79.8 Å². The van der Waals surface area contributed by atoms with E-state index in [1.165, 1.54) is 6.21 Å². The van der Waals surface area contributed by atoms with Gasteiger partial charge in [0.25, 0.3) is 0 Å². The van der Waals surface area contributed by atoms with E-state index in [2.05, 4.69) is 38.4 Å². The van der Waals surface area contributed by atoms with Gasteiger partial charge in [0.15, 0.2) is 0 Å². The van der Waals surface area contributed by atoms with E-state index in [-0.39, 0.29) is 24.7 Å². The average molecular weight is 451 g/mol. The van der Waals surface area contributed by atoms with Gasteiger partial charge in [0.2, 0.25) is 11.8 Å². The number of ether oxygens (including phenoxy) is 1. The molecule has 0 saturated carbocycles. The van der Waals surface area contributed by atoms with Gasteiger partial charge in [-0.05, 0) is 76.7 Å². The van der Waals surface area contributed by atoms with Crippen LogP contribution in [0.25, 0.3) is 0 Å². The molecule has 0 bridgehead atoms. The second kappa shape index (κ2) is 9.77. The highest BCUT2D eigenvalue weighted by atomic mass is 127. The molecule has 0 spiro atoms. The van der Waals surface area contributed by atoms with Gasteiger partial charge in [0.05, 0.1) is 13.3 Å². The summed E-state index contributed by atoms with van der Waals surface area (Å²) in [6, 6.07) is 14.7. The molecule has 6 nitrogen and oxygen atoms in total. The first-order chi connectivity index (χ1) is 12.1. The summed E-state index contributed by atoms with van der Waals surface area (Å²) in [6.45, 7) is 0. The molecule has 0 aliphatic heterocycles. The lowest BCUT2D eigenvalue weighted by molar-refractivity contribution is -0.124. The third-order valence-corrected chi connectivity index (χ3v) is 3.94. The Hall–Kier alpha value is -2.42. The summed E-state index contributed by atoms with van der Waals surface area (Å²) in [5, 5.41) is 6.62. The number of hydrazone groups is 1. The molecule has 0 saturated heterocycles. The maximum Gasteiger partial charge on any atom is 0.240 e. The molecule has 0 aromatic heterocycles. The quantitative estimate of drug-likeness (QED) is 0.386. The van der Waals surface area contributed by atoms with E-state index in [4.69, 9.17) is 4.74 Å². The molecule has 0 aliphatic rings. The third-order valence-electron chi connectivity index (χ3n) is 3.23. The fraction of sp³-hybridized carbons (Fsp3) is 0.167. The number of hydrogen-bond donors (Lipinski definition) is 2. The van der Waals surface area contributed by atoms with Crippen molar-refractivity contribution in [2.24, 2.45) is 5.10 Å². The number of benzene rings is 2. The lowest BCUT2D eigenvalue weighted by Crippen LogP contribution is -2.20. The molecule has 0 unspecified atom stereocenters. The zero-order chi connectivity index (χ0) is 18.1. The molecule has 2 N–H and O–H groups in total. The van der Waals surface area contributed by atoms with E-state index in [1.54, 1.807) is 19.2 Å². The molecule has 25 heavy (non-hydrogen) atoms. The summed E-state index contributed by atoms with van der Waals surface area (Å²) in [6.07, 6.45) is 1.69. The Labute approximate surface area is 159 Å². The molecule has 2 aromatic rings. The Kier molecular flexibility index (Phi) is 7.39. The molecule has 2 aromatic carbocycles. The molecule has 0 heterocycles. The smallest absolute Gasteiger partial charge is 0.240 e. The number of rotatable bonds is 7. The van der Waals surface area contributed by atoms with Crippen LogP contribution in [0.2, 0.25) is 0 Å². The van der Waals surface area contributed by atoms with Crippen molar-refractivity contribution in [3.8, 4) is 5.75 Å². The summed E-state index contributed by atoms with van der Waals surface area (Å²) in [7, 11) is 1.60. The van der Waals surface area contributed by atoms with Crippen LogP contribution in [-0.2, 0) is 9.59 Å². The lowest BCUT2D eigenvalue weighted by atomic mass is 10.2. The number of amides is 2. The molecule has 2 amide bonds. The number of nitrogens with zero attached hydrogens (tertiary/aromatic N) is 1. The summed E-state index contributed by atoms with van der Waals surface area (Å²) in [5.74, 6) is 0.221. The number of nitrogens with one attached hydrogen (secondary N) is 2. The zero-order valence-corrected chi connectivity index (χ0v) is 15.8. The van der Waals surface area contributed by atoms with Crippen molar-refractivity contribution < 1.29 is 14.3 Å². The largest absolute Gasteiger partial charge is 0.497 e. The maximum atomic E-state index is 11.8. The van der Waals surface area contributed by atoms with Gasteiger partial charge >= 0.3 is 0 Å². The first-order valence-electron chi connectivity index (χ1n) is 7.58. The molecule has 2 rings (SSSR count). The van der Waals surface area contributed by atoms with Crippen LogP contribution in [0.15, 0.2) is 53.6 Å². The third kappa shape index (κ3) is 6.92. The highest BCUT2D eigenvalue weighted by Gasteiger charge is 2.06. The highest BCUT2D eigenvalue weighted by Crippen LogP contribution is 2.12. The van der Waals surface area contributed by atoms with Gasteiger partial charge in [0.1, 0.15) is 5.75 Å². The van der Waals surface area contributed by atoms with Crippen molar-refractivity contribution in [3.05, 3.63) is 57.7 Å². The average Bonchev–Trinajstić information content (AvgIpc) is 2.62. The summed E-state index contributed by atoms with van der Waals surface area (Å²) >= 11 is 2.19. The Bertz CT molecular complexity index is 743. The van der Waals surface area contributed by atoms with Crippen LogP contribution in [0.1, 0.15) is 18.4 Å². The van der Waals surface area contributed by atoms with Crippen LogP contribution in [0, 0.1) is 3.57 Å². The SMILES string of the molecule is COc1ccc(/C=N/NC(=O)CCC(=O)Nc2ccc(I)cc2)cc1. The summed E-state index contributed by atoms with van der Waals surface area (Å²) < 4.78 is 6.15. The monoisotopic (exact) mass is 451 g/mol. The Balaban J connectivity index is 1.71. The van der Waals surface area contributed by atoms with Crippen LogP contribution in [0.4, 0.5) is 5.69 Å². The molecule has 7 heteroatoms. The minimum atomic E-state index is -0.317. The van der Waals surface area contributed by atoms with Gasteiger partial charge in [-0.25, -0.2) is 5.43 Å². The standard InChI is InChI=1S/C18H18IN3O3/c1-25-16-8-2-13(3-9-16)12-20-22-18(24)11-10-17(23)21-15-6-4-14(19)5-7-15/h2-9,12H,10-11H2,1H3,(H,21,23)(H,22,24)/b20-12+. The van der Waals surface area contributed by atoms with Gasteiger partial charge < -0.3 is 10.1 Å². The lowest BCUT2D eigenvalue weighted by Gasteiger charge is -2.05. The van der Waals surface area contributed by atoms with Crippen LogP contribution in [-0.4, -0.2) is 25.1 Å². The van der Waals surface area contributed by atoms with Gasteiger partial charge in [-0.1, -0.05) is 0 Å². The predicted octanol–water partition coefficient (Wildman–Crippen LogP) is 3.17. The van der Waals surface area contributed by atoms with E-state index in [0.717, 1.165) is 14.9 Å². The van der Waals surface area contributed by atoms with Crippen LogP contribution < -0.4 is 15.5 Å². The maximum absolute atomic E-state index is 11.8. The summed E-state index contributed by atoms with van der Waals surface area (Å²) in [4.78, 5) is 23.5. The van der Waals surface area contributed by atoms with Crippen LogP contribution in [0.3, 0.4) is 0 Å². The van der Waals surface area contributed by atoms with Crippen molar-refractivity contribution >= 4 is 46.3 Å². The molecular formula is C18H18IN3O3. The Morgan fingerprint density at radius 2 is 1.68 bits per heavy atom. The fourth-order valence-corrected chi connectivity index (χ4v) is 2.27. The molecule has 0 fully saturated rings. The van der Waals surface area contributed by atoms with E-state index in [1.807, 2.05) is 36.4 Å². The number of carbonyl (C=O) groups excluding carboxylic acids is 2. The minimum Gasteiger partial charge on any atom is -0.497 e. The number of carbonyl (C=O) groups is 2. The van der Waals surface area contributed by atoms with Crippen molar-refractivity contribution in [3.63, 3.8) is 0 Å². The van der Waals surface area contributed by atoms with Crippen molar-refractivity contribution in [1.29, 1.82) is 0 Å². The second-order valence-corrected chi connectivity index (χ2v) is 6.37. The number of methoxy groups -OCH3 is 1. The Morgan fingerprint density at radius 3 is 2.32 bits per heavy atom. The van der Waals surface area contributed by atoms with Crippen molar-refractivity contribution in [2.45, 2.75) is 12.8 Å². The van der Waals surface area contributed by atoms with Gasteiger partial charge in [-0.2, -0.15) is 5.10 Å². The van der Waals surface area contributed by atoms with Crippen LogP contribution >= 0.6 is 22.6 Å². The van der Waals surface area contributed by atoms with Gasteiger partial charge in [-0.15, -0.1) is 0 Å². The fourth-order valence-electron chi connectivity index (χ4n) is 1.91. The minimum absolute atomic E-state index is 0.0656. The van der Waals surface area contributed by atoms with Crippen LogP contribution in [0.5, 0.6) is 5.75 Å². The van der Waals surface area contributed by atoms with Crippen molar-refractivity contribution in [1.82, 2.24) is 5.43 Å². The number of halogens is 1. The molecule has 0 aliphatic carbocycles. The van der Waals surface area contributed by atoms with E-state index in [9.17, 15) is 9.59 Å². The van der Waals surface area contributed by atoms with Gasteiger partial charge in [0, 0.05) is 22.1 Å². The first kappa shape index (κ1) is 18.9. The number of hydrogen-bond acceptors (Lipinski definition) is 4. The molecule has 130 valence electrons. The van der Waals surface area contributed by atoms with E-state index >= 15 is 0 Å². The predicted molar refractivity (Wildman–Crippen MR) is 106 cm³/mol. The van der Waals surface area contributed by atoms with Gasteiger partial charge in [-0.3, -0.25) is 9.59 Å². The number of anilines is 1. The summed E-state index contributed by atoms with van der Waals surface area (Å²) in [5.41, 5.74) is 3.95. The van der Waals surface area contributed by atoms with E-state index < -0.39 is 0 Å². The van der Waals surface area contributed by atoms with E-state index in [0.29, 0.717) is 5.69 Å². The highest BCUT2D eigenvalue weighted by molar-refractivity contribution is 14.1. The van der Waals surface area contributed by atoms with Crippen molar-refractivity contribution in [2.75, 3.05) is 12.4 Å². The Morgan fingerprint density at radius 1 is 1.04 bits per heavy atom. The molecule has 0 radical (unpaired) electrons. The normalized spacial score (nSPS) is 10.5. The second-order valence-electron chi connectivity index (χ2n) is 5.12. The first-order valence-corrected chi connectivity index (χ1v) is 8.66.